The van der Waals surface area contributed by atoms with E-state index < -0.39 is 15.8 Å². The third kappa shape index (κ3) is 4.81. The van der Waals surface area contributed by atoms with Crippen LogP contribution < -0.4 is 9.46 Å². The molecule has 1 N–H and O–H groups in total. The second kappa shape index (κ2) is 8.80. The Hall–Kier alpha value is -3.50. The number of ether oxygens (including phenoxy) is 1. The van der Waals surface area contributed by atoms with Crippen LogP contribution in [0.1, 0.15) is 17.0 Å². The Morgan fingerprint density at radius 1 is 1.00 bits per heavy atom. The number of hydrogen-bond acceptors (Lipinski definition) is 6. The maximum Gasteiger partial charge on any atom is 0.261 e. The predicted octanol–water partition coefficient (Wildman–Crippen LogP) is 4.97. The van der Waals surface area contributed by atoms with Crippen LogP contribution >= 0.6 is 11.6 Å². The second-order valence-electron chi connectivity index (χ2n) is 7.25. The van der Waals surface area contributed by atoms with Crippen LogP contribution in [0.4, 0.5) is 10.1 Å². The maximum atomic E-state index is 13.3. The summed E-state index contributed by atoms with van der Waals surface area (Å²) in [6.07, 6.45) is 0. The molecular formula is C22H19ClFN5O3S. The number of aromatic nitrogens is 4. The van der Waals surface area contributed by atoms with E-state index in [0.717, 1.165) is 35.2 Å². The number of sulfonamides is 1. The Balaban J connectivity index is 1.45. The van der Waals surface area contributed by atoms with Crippen LogP contribution in [0.15, 0.2) is 59.5 Å². The first kappa shape index (κ1) is 22.7. The Labute approximate surface area is 195 Å². The Morgan fingerprint density at radius 3 is 2.30 bits per heavy atom. The van der Waals surface area contributed by atoms with Crippen molar-refractivity contribution in [1.29, 1.82) is 0 Å². The van der Waals surface area contributed by atoms with E-state index in [2.05, 4.69) is 20.0 Å². The molecule has 8 nitrogen and oxygen atoms in total. The normalized spacial score (nSPS) is 11.4. The van der Waals surface area contributed by atoms with E-state index in [1.54, 1.807) is 28.9 Å². The van der Waals surface area contributed by atoms with Crippen molar-refractivity contribution in [3.8, 4) is 17.4 Å². The van der Waals surface area contributed by atoms with Gasteiger partial charge in [0.2, 0.25) is 5.88 Å². The molecule has 4 rings (SSSR count). The summed E-state index contributed by atoms with van der Waals surface area (Å²) < 4.78 is 48.1. The fourth-order valence-electron chi connectivity index (χ4n) is 2.99. The monoisotopic (exact) mass is 487 g/mol. The van der Waals surface area contributed by atoms with Gasteiger partial charge in [0, 0.05) is 17.4 Å². The third-order valence-electron chi connectivity index (χ3n) is 5.03. The minimum atomic E-state index is -3.93. The van der Waals surface area contributed by atoms with Crippen LogP contribution in [0.5, 0.6) is 11.6 Å². The molecule has 0 unspecified atom stereocenters. The smallest absolute Gasteiger partial charge is 0.261 e. The molecule has 0 aliphatic heterocycles. The molecule has 0 aliphatic carbocycles. The Morgan fingerprint density at radius 2 is 1.73 bits per heavy atom. The summed E-state index contributed by atoms with van der Waals surface area (Å²) in [5, 5.41) is 12.4. The molecule has 170 valence electrons. The van der Waals surface area contributed by atoms with Crippen molar-refractivity contribution in [2.45, 2.75) is 25.7 Å². The van der Waals surface area contributed by atoms with E-state index in [9.17, 15) is 12.8 Å². The van der Waals surface area contributed by atoms with Crippen LogP contribution in [0.25, 0.3) is 5.82 Å². The molecule has 0 spiro atoms. The predicted molar refractivity (Wildman–Crippen MR) is 122 cm³/mol. The highest BCUT2D eigenvalue weighted by atomic mass is 35.5. The molecule has 0 saturated heterocycles. The molecule has 0 saturated carbocycles. The molecule has 0 bridgehead atoms. The SMILES string of the molecule is Cc1nn(-c2ccc(Oc3ccc(NS(=O)(=O)c4ccc(F)c(Cl)c4)cc3)nn2)c(C)c1C. The lowest BCUT2D eigenvalue weighted by atomic mass is 10.2. The fourth-order valence-corrected chi connectivity index (χ4v) is 4.32. The van der Waals surface area contributed by atoms with Gasteiger partial charge in [0.15, 0.2) is 5.82 Å². The van der Waals surface area contributed by atoms with Gasteiger partial charge < -0.3 is 4.74 Å². The summed E-state index contributed by atoms with van der Waals surface area (Å²) in [7, 11) is -3.93. The zero-order valence-corrected chi connectivity index (χ0v) is 19.4. The summed E-state index contributed by atoms with van der Waals surface area (Å²) in [4.78, 5) is -0.151. The minimum absolute atomic E-state index is 0.151. The number of nitrogens with zero attached hydrogens (tertiary/aromatic N) is 4. The van der Waals surface area contributed by atoms with E-state index in [-0.39, 0.29) is 15.8 Å². The van der Waals surface area contributed by atoms with E-state index in [1.807, 2.05) is 20.8 Å². The minimum Gasteiger partial charge on any atom is -0.438 e. The first-order valence-corrected chi connectivity index (χ1v) is 11.6. The lowest BCUT2D eigenvalue weighted by Gasteiger charge is -2.10. The van der Waals surface area contributed by atoms with Gasteiger partial charge in [0.05, 0.1) is 15.6 Å². The van der Waals surface area contributed by atoms with Crippen molar-refractivity contribution in [3.05, 3.63) is 82.4 Å². The van der Waals surface area contributed by atoms with Crippen molar-refractivity contribution in [1.82, 2.24) is 20.0 Å². The molecule has 0 fully saturated rings. The molecule has 0 amide bonds. The molecule has 0 aliphatic rings. The van der Waals surface area contributed by atoms with Crippen LogP contribution in [-0.2, 0) is 10.0 Å². The molecule has 0 radical (unpaired) electrons. The highest BCUT2D eigenvalue weighted by molar-refractivity contribution is 7.92. The summed E-state index contributed by atoms with van der Waals surface area (Å²) >= 11 is 5.68. The van der Waals surface area contributed by atoms with Crippen molar-refractivity contribution in [2.24, 2.45) is 0 Å². The molecule has 2 heterocycles. The second-order valence-corrected chi connectivity index (χ2v) is 9.33. The van der Waals surface area contributed by atoms with Crippen molar-refractivity contribution >= 4 is 27.3 Å². The third-order valence-corrected chi connectivity index (χ3v) is 6.70. The summed E-state index contributed by atoms with van der Waals surface area (Å²) in [6, 6.07) is 12.8. The Kier molecular flexibility index (Phi) is 6.05. The van der Waals surface area contributed by atoms with Gasteiger partial charge in [-0.05, 0) is 74.9 Å². The number of nitrogens with one attached hydrogen (secondary N) is 1. The standard InChI is InChI=1S/C22H19ClFN5O3S/c1-13-14(2)27-29(15(13)3)21-10-11-22(26-25-21)32-17-6-4-16(5-7-17)28-33(30,31)18-8-9-20(24)19(23)12-18/h4-12,28H,1-3H3. The lowest BCUT2D eigenvalue weighted by Crippen LogP contribution is -2.13. The van der Waals surface area contributed by atoms with Crippen LogP contribution in [0.2, 0.25) is 5.02 Å². The average Bonchev–Trinajstić information content (AvgIpc) is 3.04. The zero-order valence-electron chi connectivity index (χ0n) is 17.9. The molecular weight excluding hydrogens is 469 g/mol. The molecule has 0 atom stereocenters. The first-order chi connectivity index (χ1) is 15.6. The molecule has 33 heavy (non-hydrogen) atoms. The summed E-state index contributed by atoms with van der Waals surface area (Å²) in [5.74, 6) is 0.581. The van der Waals surface area contributed by atoms with E-state index in [0.29, 0.717) is 17.3 Å². The van der Waals surface area contributed by atoms with Crippen LogP contribution in [0.3, 0.4) is 0 Å². The first-order valence-electron chi connectivity index (χ1n) is 9.77. The van der Waals surface area contributed by atoms with Gasteiger partial charge in [-0.15, -0.1) is 10.2 Å². The molecule has 11 heteroatoms. The highest BCUT2D eigenvalue weighted by Gasteiger charge is 2.16. The van der Waals surface area contributed by atoms with Crippen molar-refractivity contribution < 1.29 is 17.5 Å². The lowest BCUT2D eigenvalue weighted by molar-refractivity contribution is 0.454. The van der Waals surface area contributed by atoms with Crippen LogP contribution in [-0.4, -0.2) is 28.4 Å². The van der Waals surface area contributed by atoms with Crippen molar-refractivity contribution in [3.63, 3.8) is 0 Å². The number of anilines is 1. The fraction of sp³-hybridized carbons (Fsp3) is 0.136. The van der Waals surface area contributed by atoms with E-state index in [4.69, 9.17) is 16.3 Å². The van der Waals surface area contributed by atoms with Gasteiger partial charge in [-0.3, -0.25) is 4.72 Å². The zero-order chi connectivity index (χ0) is 23.8. The number of aryl methyl sites for hydroxylation is 1. The maximum absolute atomic E-state index is 13.3. The van der Waals surface area contributed by atoms with Gasteiger partial charge in [-0.1, -0.05) is 11.6 Å². The number of benzene rings is 2. The number of hydrogen-bond donors (Lipinski definition) is 1. The van der Waals surface area contributed by atoms with E-state index in [1.165, 1.54) is 12.1 Å². The van der Waals surface area contributed by atoms with Gasteiger partial charge >= 0.3 is 0 Å². The topological polar surface area (TPSA) is 99.0 Å². The molecule has 2 aromatic carbocycles. The number of halogens is 2. The van der Waals surface area contributed by atoms with Gasteiger partial charge in [0.1, 0.15) is 11.6 Å². The van der Waals surface area contributed by atoms with E-state index >= 15 is 0 Å². The van der Waals surface area contributed by atoms with Crippen molar-refractivity contribution in [2.75, 3.05) is 4.72 Å². The largest absolute Gasteiger partial charge is 0.438 e. The quantitative estimate of drug-likeness (QED) is 0.412. The summed E-state index contributed by atoms with van der Waals surface area (Å²) in [6.45, 7) is 5.89. The van der Waals surface area contributed by atoms with Gasteiger partial charge in [-0.25, -0.2) is 17.5 Å². The summed E-state index contributed by atoms with van der Waals surface area (Å²) in [5.41, 5.74) is 3.30. The van der Waals surface area contributed by atoms with Gasteiger partial charge in [-0.2, -0.15) is 5.10 Å². The molecule has 2 aromatic heterocycles. The van der Waals surface area contributed by atoms with Gasteiger partial charge in [0.25, 0.3) is 10.0 Å². The number of rotatable bonds is 6. The molecule has 4 aromatic rings. The Bertz CT molecular complexity index is 1420. The average molecular weight is 488 g/mol. The van der Waals surface area contributed by atoms with Crippen LogP contribution in [0, 0.1) is 26.6 Å². The highest BCUT2D eigenvalue weighted by Crippen LogP contribution is 2.25.